The van der Waals surface area contributed by atoms with E-state index in [9.17, 15) is 9.59 Å². The second-order valence-electron chi connectivity index (χ2n) is 3.44. The Hall–Kier alpha value is -0.970. The Balaban J connectivity index is 3.39. The van der Waals surface area contributed by atoms with Gasteiger partial charge in [0.05, 0.1) is 6.61 Å². The maximum absolute atomic E-state index is 11.2. The van der Waals surface area contributed by atoms with Gasteiger partial charge in [0, 0.05) is 17.7 Å². The number of carbonyl (C=O) groups excluding carboxylic acids is 2. The van der Waals surface area contributed by atoms with Gasteiger partial charge in [-0.05, 0) is 19.1 Å². The fraction of sp³-hybridized carbons (Fsp3) is 0.667. The smallest absolute Gasteiger partial charge is 0.333 e. The molecular weight excluding hydrogens is 240 g/mol. The van der Waals surface area contributed by atoms with Crippen LogP contribution in [0.2, 0.25) is 0 Å². The Morgan fingerprint density at radius 2 is 1.94 bits per heavy atom. The van der Waals surface area contributed by atoms with Gasteiger partial charge in [-0.15, -0.1) is 0 Å². The highest BCUT2D eigenvalue weighted by Gasteiger charge is 2.05. The van der Waals surface area contributed by atoms with Crippen molar-refractivity contribution in [1.82, 2.24) is 0 Å². The number of carbonyl (C=O) groups is 2. The van der Waals surface area contributed by atoms with Gasteiger partial charge in [0.2, 0.25) is 0 Å². The normalized spacial score (nSPS) is 9.76. The third-order valence-electron chi connectivity index (χ3n) is 1.80. The number of esters is 2. The first-order valence-electron chi connectivity index (χ1n) is 5.64. The van der Waals surface area contributed by atoms with Crippen LogP contribution >= 0.6 is 11.8 Å². The second kappa shape index (κ2) is 10.2. The van der Waals surface area contributed by atoms with Crippen molar-refractivity contribution in [3.63, 3.8) is 0 Å². The number of hydrogen-bond acceptors (Lipinski definition) is 5. The minimum absolute atomic E-state index is 0.227. The summed E-state index contributed by atoms with van der Waals surface area (Å²) in [7, 11) is 0. The van der Waals surface area contributed by atoms with E-state index in [1.54, 1.807) is 18.7 Å². The molecule has 98 valence electrons. The van der Waals surface area contributed by atoms with Crippen LogP contribution in [0, 0.1) is 0 Å². The summed E-state index contributed by atoms with van der Waals surface area (Å²) in [4.78, 5) is 22.2. The molecule has 0 aromatic heterocycles. The zero-order valence-corrected chi connectivity index (χ0v) is 11.3. The van der Waals surface area contributed by atoms with Crippen molar-refractivity contribution in [3.05, 3.63) is 12.2 Å². The van der Waals surface area contributed by atoms with Gasteiger partial charge in [0.15, 0.2) is 0 Å². The predicted octanol–water partition coefficient (Wildman–Crippen LogP) is 2.18. The summed E-state index contributed by atoms with van der Waals surface area (Å²) in [5.41, 5.74) is 0.365. The largest absolute Gasteiger partial charge is 0.465 e. The number of hydrogen-bond donors (Lipinski definition) is 0. The first kappa shape index (κ1) is 16.0. The minimum Gasteiger partial charge on any atom is -0.465 e. The maximum Gasteiger partial charge on any atom is 0.333 e. The molecule has 0 heterocycles. The molecule has 0 aromatic rings. The molecule has 0 bridgehead atoms. The number of ether oxygens (including phenoxy) is 2. The highest BCUT2D eigenvalue weighted by molar-refractivity contribution is 7.99. The molecule has 5 heteroatoms. The summed E-state index contributed by atoms with van der Waals surface area (Å²) in [5.74, 6) is 1.19. The summed E-state index contributed by atoms with van der Waals surface area (Å²) in [6.07, 6.45) is 0.763. The van der Waals surface area contributed by atoms with Gasteiger partial charge >= 0.3 is 11.9 Å². The first-order valence-corrected chi connectivity index (χ1v) is 6.79. The Kier molecular flexibility index (Phi) is 9.62. The molecule has 0 aromatic carbocycles. The van der Waals surface area contributed by atoms with Crippen LogP contribution in [0.15, 0.2) is 12.2 Å². The van der Waals surface area contributed by atoms with E-state index < -0.39 is 5.97 Å². The van der Waals surface area contributed by atoms with Gasteiger partial charge in [0.25, 0.3) is 0 Å². The van der Waals surface area contributed by atoms with Crippen LogP contribution in [0.1, 0.15) is 26.7 Å². The van der Waals surface area contributed by atoms with Gasteiger partial charge < -0.3 is 9.47 Å². The van der Waals surface area contributed by atoms with Gasteiger partial charge in [-0.25, -0.2) is 4.79 Å². The Morgan fingerprint density at radius 3 is 2.53 bits per heavy atom. The van der Waals surface area contributed by atoms with E-state index in [4.69, 9.17) is 9.47 Å². The molecule has 0 rings (SSSR count). The molecule has 0 aliphatic heterocycles. The lowest BCUT2D eigenvalue weighted by atomic mass is 10.3. The average Bonchev–Trinajstić information content (AvgIpc) is 2.29. The topological polar surface area (TPSA) is 52.6 Å². The van der Waals surface area contributed by atoms with Crippen LogP contribution in [0.3, 0.4) is 0 Å². The SMILES string of the molecule is C=C(C)C(=O)OCCCC(=O)OCCSCC. The average molecular weight is 260 g/mol. The van der Waals surface area contributed by atoms with Gasteiger partial charge in [-0.2, -0.15) is 11.8 Å². The molecule has 0 spiro atoms. The molecule has 0 amide bonds. The van der Waals surface area contributed by atoms with Crippen molar-refractivity contribution in [1.29, 1.82) is 0 Å². The predicted molar refractivity (Wildman–Crippen MR) is 69.0 cm³/mol. The summed E-state index contributed by atoms with van der Waals surface area (Å²) >= 11 is 1.73. The molecule has 0 fully saturated rings. The number of thioether (sulfide) groups is 1. The zero-order chi connectivity index (χ0) is 13.1. The fourth-order valence-corrected chi connectivity index (χ4v) is 1.43. The van der Waals surface area contributed by atoms with E-state index in [2.05, 4.69) is 13.5 Å². The Labute approximate surface area is 107 Å². The zero-order valence-electron chi connectivity index (χ0n) is 10.5. The van der Waals surface area contributed by atoms with Crippen molar-refractivity contribution in [2.24, 2.45) is 0 Å². The molecule has 0 saturated heterocycles. The van der Waals surface area contributed by atoms with Crippen molar-refractivity contribution < 1.29 is 19.1 Å². The molecule has 0 aliphatic rings. The summed E-state index contributed by atoms with van der Waals surface area (Å²) in [6, 6.07) is 0. The third kappa shape index (κ3) is 9.93. The van der Waals surface area contributed by atoms with Crippen LogP contribution in [0.4, 0.5) is 0 Å². The lowest BCUT2D eigenvalue weighted by Gasteiger charge is -2.05. The summed E-state index contributed by atoms with van der Waals surface area (Å²) < 4.78 is 9.83. The van der Waals surface area contributed by atoms with Crippen LogP contribution in [-0.2, 0) is 19.1 Å². The quantitative estimate of drug-likeness (QED) is 0.361. The molecule has 0 unspecified atom stereocenters. The van der Waals surface area contributed by atoms with Crippen molar-refractivity contribution in [2.45, 2.75) is 26.7 Å². The molecule has 0 atom stereocenters. The Bertz CT molecular complexity index is 263. The van der Waals surface area contributed by atoms with Crippen molar-refractivity contribution in [3.8, 4) is 0 Å². The Morgan fingerprint density at radius 1 is 1.24 bits per heavy atom. The lowest BCUT2D eigenvalue weighted by Crippen LogP contribution is -2.10. The van der Waals surface area contributed by atoms with Crippen molar-refractivity contribution in [2.75, 3.05) is 24.7 Å². The molecule has 17 heavy (non-hydrogen) atoms. The van der Waals surface area contributed by atoms with E-state index in [1.165, 1.54) is 0 Å². The molecule has 0 aliphatic carbocycles. The first-order chi connectivity index (χ1) is 8.07. The summed E-state index contributed by atoms with van der Waals surface area (Å²) in [6.45, 7) is 7.78. The van der Waals surface area contributed by atoms with Crippen LogP contribution < -0.4 is 0 Å². The lowest BCUT2D eigenvalue weighted by molar-refractivity contribution is -0.145. The third-order valence-corrected chi connectivity index (χ3v) is 2.67. The van der Waals surface area contributed by atoms with Gasteiger partial charge in [-0.3, -0.25) is 4.79 Å². The van der Waals surface area contributed by atoms with Crippen LogP contribution in [0.5, 0.6) is 0 Å². The van der Waals surface area contributed by atoms with E-state index in [0.717, 1.165) is 11.5 Å². The highest BCUT2D eigenvalue weighted by Crippen LogP contribution is 2.00. The standard InChI is InChI=1S/C12H20O4S/c1-4-17-9-8-15-11(13)6-5-7-16-12(14)10(2)3/h2,4-9H2,1,3H3. The minimum atomic E-state index is -0.419. The maximum atomic E-state index is 11.2. The van der Waals surface area contributed by atoms with Gasteiger partial charge in [-0.1, -0.05) is 13.5 Å². The van der Waals surface area contributed by atoms with Crippen LogP contribution in [0.25, 0.3) is 0 Å². The van der Waals surface area contributed by atoms with E-state index in [0.29, 0.717) is 18.6 Å². The monoisotopic (exact) mass is 260 g/mol. The molecule has 0 N–H and O–H groups in total. The van der Waals surface area contributed by atoms with Crippen molar-refractivity contribution >= 4 is 23.7 Å². The van der Waals surface area contributed by atoms with E-state index in [1.807, 2.05) is 0 Å². The highest BCUT2D eigenvalue weighted by atomic mass is 32.2. The van der Waals surface area contributed by atoms with Gasteiger partial charge in [0.1, 0.15) is 6.61 Å². The second-order valence-corrected chi connectivity index (χ2v) is 4.83. The fourth-order valence-electron chi connectivity index (χ4n) is 0.936. The molecule has 4 nitrogen and oxygen atoms in total. The number of rotatable bonds is 9. The van der Waals surface area contributed by atoms with E-state index in [-0.39, 0.29) is 19.0 Å². The summed E-state index contributed by atoms with van der Waals surface area (Å²) in [5, 5.41) is 0. The van der Waals surface area contributed by atoms with E-state index >= 15 is 0 Å². The molecule has 0 saturated carbocycles. The molecule has 0 radical (unpaired) electrons. The van der Waals surface area contributed by atoms with Crippen LogP contribution in [-0.4, -0.2) is 36.7 Å². The molecular formula is C12H20O4S.